The SMILES string of the molecule is CCC(C)NC(=O)N1CCc2c(cnc(C)c2-c2noc(C3CCCO3)n2)C1. The van der Waals surface area contributed by atoms with E-state index >= 15 is 0 Å². The molecule has 2 aromatic heterocycles. The van der Waals surface area contributed by atoms with E-state index in [1.165, 1.54) is 0 Å². The molecule has 28 heavy (non-hydrogen) atoms. The molecule has 0 aliphatic carbocycles. The fraction of sp³-hybridized carbons (Fsp3) is 0.600. The Hall–Kier alpha value is -2.48. The zero-order chi connectivity index (χ0) is 19.7. The lowest BCUT2D eigenvalue weighted by Crippen LogP contribution is -2.45. The maximum Gasteiger partial charge on any atom is 0.317 e. The summed E-state index contributed by atoms with van der Waals surface area (Å²) in [5.41, 5.74) is 3.98. The zero-order valence-electron chi connectivity index (χ0n) is 16.7. The van der Waals surface area contributed by atoms with E-state index in [-0.39, 0.29) is 18.2 Å². The molecule has 2 aromatic rings. The number of nitrogens with one attached hydrogen (secondary N) is 1. The quantitative estimate of drug-likeness (QED) is 0.869. The third-order valence-corrected chi connectivity index (χ3v) is 5.60. The first-order valence-electron chi connectivity index (χ1n) is 10.0. The van der Waals surface area contributed by atoms with Crippen LogP contribution in [0.1, 0.15) is 61.9 Å². The third kappa shape index (κ3) is 3.61. The highest BCUT2D eigenvalue weighted by molar-refractivity contribution is 5.75. The van der Waals surface area contributed by atoms with Gasteiger partial charge in [-0.2, -0.15) is 4.98 Å². The number of aromatic nitrogens is 3. The Morgan fingerprint density at radius 1 is 1.46 bits per heavy atom. The van der Waals surface area contributed by atoms with Gasteiger partial charge in [0.2, 0.25) is 5.82 Å². The molecule has 0 spiro atoms. The van der Waals surface area contributed by atoms with Crippen LogP contribution in [-0.2, 0) is 17.7 Å². The summed E-state index contributed by atoms with van der Waals surface area (Å²) >= 11 is 0. The van der Waals surface area contributed by atoms with Crippen LogP contribution in [0.15, 0.2) is 10.7 Å². The van der Waals surface area contributed by atoms with E-state index in [1.54, 1.807) is 0 Å². The number of amides is 2. The summed E-state index contributed by atoms with van der Waals surface area (Å²) in [6.07, 6.45) is 5.33. The molecule has 1 fully saturated rings. The first-order valence-corrected chi connectivity index (χ1v) is 10.0. The van der Waals surface area contributed by atoms with Crippen LogP contribution < -0.4 is 5.32 Å². The second kappa shape index (κ2) is 7.87. The van der Waals surface area contributed by atoms with E-state index in [0.717, 1.165) is 54.7 Å². The summed E-state index contributed by atoms with van der Waals surface area (Å²) < 4.78 is 11.1. The Morgan fingerprint density at radius 3 is 3.07 bits per heavy atom. The van der Waals surface area contributed by atoms with Crippen LogP contribution in [-0.4, -0.2) is 45.2 Å². The number of nitrogens with zero attached hydrogens (tertiary/aromatic N) is 4. The molecule has 2 unspecified atom stereocenters. The molecule has 0 aromatic carbocycles. The van der Waals surface area contributed by atoms with Gasteiger partial charge in [-0.25, -0.2) is 4.79 Å². The maximum absolute atomic E-state index is 12.5. The smallest absolute Gasteiger partial charge is 0.317 e. The number of urea groups is 1. The zero-order valence-corrected chi connectivity index (χ0v) is 16.7. The lowest BCUT2D eigenvalue weighted by molar-refractivity contribution is 0.0835. The summed E-state index contributed by atoms with van der Waals surface area (Å²) in [5.74, 6) is 1.10. The minimum Gasteiger partial charge on any atom is -0.368 e. The van der Waals surface area contributed by atoms with Crippen LogP contribution in [0.5, 0.6) is 0 Å². The van der Waals surface area contributed by atoms with Gasteiger partial charge in [0.1, 0.15) is 6.10 Å². The molecule has 4 heterocycles. The molecule has 2 aliphatic rings. The number of pyridine rings is 1. The fourth-order valence-electron chi connectivity index (χ4n) is 3.76. The highest BCUT2D eigenvalue weighted by Gasteiger charge is 2.29. The van der Waals surface area contributed by atoms with Gasteiger partial charge in [0.15, 0.2) is 0 Å². The lowest BCUT2D eigenvalue weighted by Gasteiger charge is -2.31. The molecule has 0 radical (unpaired) electrons. The summed E-state index contributed by atoms with van der Waals surface area (Å²) in [4.78, 5) is 23.5. The predicted molar refractivity (Wildman–Crippen MR) is 103 cm³/mol. The van der Waals surface area contributed by atoms with Crippen molar-refractivity contribution in [2.75, 3.05) is 13.2 Å². The molecular formula is C20H27N5O3. The molecule has 1 N–H and O–H groups in total. The molecular weight excluding hydrogens is 358 g/mol. The van der Waals surface area contributed by atoms with Crippen LogP contribution in [0.25, 0.3) is 11.4 Å². The molecule has 2 aliphatic heterocycles. The highest BCUT2D eigenvalue weighted by Crippen LogP contribution is 2.33. The van der Waals surface area contributed by atoms with E-state index in [9.17, 15) is 4.79 Å². The Kier molecular flexibility index (Phi) is 5.30. The van der Waals surface area contributed by atoms with Gasteiger partial charge in [0, 0.05) is 43.2 Å². The van der Waals surface area contributed by atoms with E-state index in [0.29, 0.717) is 24.8 Å². The number of carbonyl (C=O) groups is 1. The second-order valence-electron chi connectivity index (χ2n) is 7.61. The van der Waals surface area contributed by atoms with Gasteiger partial charge in [-0.05, 0) is 50.7 Å². The molecule has 4 rings (SSSR count). The lowest BCUT2D eigenvalue weighted by atomic mass is 9.94. The molecule has 1 saturated heterocycles. The molecule has 8 nitrogen and oxygen atoms in total. The average molecular weight is 385 g/mol. The van der Waals surface area contributed by atoms with Gasteiger partial charge in [0.05, 0.1) is 0 Å². The monoisotopic (exact) mass is 385 g/mol. The molecule has 8 heteroatoms. The van der Waals surface area contributed by atoms with Gasteiger partial charge in [-0.1, -0.05) is 12.1 Å². The van der Waals surface area contributed by atoms with Crippen LogP contribution in [0.3, 0.4) is 0 Å². The van der Waals surface area contributed by atoms with Gasteiger partial charge < -0.3 is 19.5 Å². The molecule has 0 saturated carbocycles. The largest absolute Gasteiger partial charge is 0.368 e. The number of fused-ring (bicyclic) bond motifs is 1. The van der Waals surface area contributed by atoms with Crippen molar-refractivity contribution in [1.82, 2.24) is 25.3 Å². The summed E-state index contributed by atoms with van der Waals surface area (Å²) in [7, 11) is 0. The van der Waals surface area contributed by atoms with Crippen molar-refractivity contribution in [2.45, 2.75) is 65.1 Å². The van der Waals surface area contributed by atoms with Crippen molar-refractivity contribution in [3.8, 4) is 11.4 Å². The summed E-state index contributed by atoms with van der Waals surface area (Å²) in [6.45, 7) is 7.96. The van der Waals surface area contributed by atoms with Gasteiger partial charge >= 0.3 is 6.03 Å². The standard InChI is InChI=1S/C20H27N5O3/c1-4-12(2)22-20(26)25-8-7-15-14(11-25)10-21-13(3)17(15)18-23-19(28-24-18)16-6-5-9-27-16/h10,12,16H,4-9,11H2,1-3H3,(H,22,26). The minimum atomic E-state index is -0.103. The Morgan fingerprint density at radius 2 is 2.32 bits per heavy atom. The number of rotatable bonds is 4. The van der Waals surface area contributed by atoms with Crippen LogP contribution in [0.2, 0.25) is 0 Å². The van der Waals surface area contributed by atoms with Crippen molar-refractivity contribution < 1.29 is 14.1 Å². The average Bonchev–Trinajstić information content (AvgIpc) is 3.39. The minimum absolute atomic E-state index is 0.0256. The Bertz CT molecular complexity index is 860. The maximum atomic E-state index is 12.5. The fourth-order valence-corrected chi connectivity index (χ4v) is 3.76. The van der Waals surface area contributed by atoms with Crippen molar-refractivity contribution >= 4 is 6.03 Å². The highest BCUT2D eigenvalue weighted by atomic mass is 16.5. The van der Waals surface area contributed by atoms with Crippen LogP contribution >= 0.6 is 0 Å². The van der Waals surface area contributed by atoms with Crippen LogP contribution in [0.4, 0.5) is 4.79 Å². The number of ether oxygens (including phenoxy) is 1. The normalized spacial score (nSPS) is 20.1. The third-order valence-electron chi connectivity index (χ3n) is 5.60. The number of aryl methyl sites for hydroxylation is 1. The summed E-state index contributed by atoms with van der Waals surface area (Å²) in [6, 6.07) is 0.138. The first kappa shape index (κ1) is 18.9. The number of hydrogen-bond acceptors (Lipinski definition) is 6. The van der Waals surface area contributed by atoms with Crippen molar-refractivity contribution in [1.29, 1.82) is 0 Å². The Balaban J connectivity index is 1.58. The molecule has 150 valence electrons. The van der Waals surface area contributed by atoms with Crippen molar-refractivity contribution in [3.05, 3.63) is 28.9 Å². The van der Waals surface area contributed by atoms with Crippen LogP contribution in [0, 0.1) is 6.92 Å². The topological polar surface area (TPSA) is 93.4 Å². The van der Waals surface area contributed by atoms with Crippen molar-refractivity contribution in [3.63, 3.8) is 0 Å². The molecule has 0 bridgehead atoms. The first-order chi connectivity index (χ1) is 13.6. The molecule has 2 amide bonds. The van der Waals surface area contributed by atoms with E-state index in [4.69, 9.17) is 9.26 Å². The van der Waals surface area contributed by atoms with Crippen molar-refractivity contribution in [2.24, 2.45) is 0 Å². The van der Waals surface area contributed by atoms with Gasteiger partial charge in [-0.15, -0.1) is 0 Å². The van der Waals surface area contributed by atoms with E-state index < -0.39 is 0 Å². The molecule has 2 atom stereocenters. The van der Waals surface area contributed by atoms with E-state index in [1.807, 2.05) is 24.9 Å². The van der Waals surface area contributed by atoms with E-state index in [2.05, 4.69) is 27.4 Å². The van der Waals surface area contributed by atoms with Gasteiger partial charge in [0.25, 0.3) is 5.89 Å². The summed E-state index contributed by atoms with van der Waals surface area (Å²) in [5, 5.41) is 7.24. The second-order valence-corrected chi connectivity index (χ2v) is 7.61. The number of hydrogen-bond donors (Lipinski definition) is 1. The predicted octanol–water partition coefficient (Wildman–Crippen LogP) is 3.16. The van der Waals surface area contributed by atoms with Gasteiger partial charge in [-0.3, -0.25) is 4.98 Å². The Labute approximate surface area is 164 Å². The number of carbonyl (C=O) groups excluding carboxylic acids is 1.